The predicted molar refractivity (Wildman–Crippen MR) is 93.1 cm³/mol. The van der Waals surface area contributed by atoms with Gasteiger partial charge in [0.25, 0.3) is 0 Å². The maximum absolute atomic E-state index is 10.4. The first-order valence-corrected chi connectivity index (χ1v) is 7.93. The van der Waals surface area contributed by atoms with Crippen LogP contribution in [0.15, 0.2) is 59.8 Å². The van der Waals surface area contributed by atoms with Crippen molar-refractivity contribution in [2.75, 3.05) is 6.61 Å². The average Bonchev–Trinajstić information content (AvgIpc) is 2.98. The summed E-state index contributed by atoms with van der Waals surface area (Å²) in [5, 5.41) is 13.6. The number of fused-ring (bicyclic) bond motifs is 1. The molecule has 5 heteroatoms. The Labute approximate surface area is 137 Å². The SMILES string of the molecule is C/C(=N\OCC(=O)O)c1ccc(-c2cc3ccccc3s2)cc1. The van der Waals surface area contributed by atoms with Crippen molar-refractivity contribution >= 4 is 33.1 Å². The first kappa shape index (κ1) is 15.2. The van der Waals surface area contributed by atoms with Gasteiger partial charge < -0.3 is 9.94 Å². The topological polar surface area (TPSA) is 58.9 Å². The third kappa shape index (κ3) is 3.57. The van der Waals surface area contributed by atoms with Crippen LogP contribution < -0.4 is 0 Å². The average molecular weight is 325 g/mol. The van der Waals surface area contributed by atoms with Crippen molar-refractivity contribution in [3.63, 3.8) is 0 Å². The van der Waals surface area contributed by atoms with Gasteiger partial charge >= 0.3 is 5.97 Å². The smallest absolute Gasteiger partial charge is 0.344 e. The van der Waals surface area contributed by atoms with Crippen LogP contribution in [0.25, 0.3) is 20.5 Å². The van der Waals surface area contributed by atoms with E-state index < -0.39 is 12.6 Å². The molecule has 1 heterocycles. The van der Waals surface area contributed by atoms with Crippen LogP contribution in [-0.4, -0.2) is 23.4 Å². The molecule has 0 fully saturated rings. The van der Waals surface area contributed by atoms with E-state index in [0.29, 0.717) is 5.71 Å². The number of carboxylic acid groups (broad SMARTS) is 1. The maximum atomic E-state index is 10.4. The highest BCUT2D eigenvalue weighted by atomic mass is 32.1. The maximum Gasteiger partial charge on any atom is 0.344 e. The van der Waals surface area contributed by atoms with E-state index in [4.69, 9.17) is 9.94 Å². The number of thiophene rings is 1. The van der Waals surface area contributed by atoms with Gasteiger partial charge in [0.15, 0.2) is 0 Å². The minimum atomic E-state index is -1.04. The summed E-state index contributed by atoms with van der Waals surface area (Å²) in [6.45, 7) is 1.35. The molecule has 3 rings (SSSR count). The number of oxime groups is 1. The van der Waals surface area contributed by atoms with Crippen molar-refractivity contribution in [1.29, 1.82) is 0 Å². The van der Waals surface area contributed by atoms with Crippen LogP contribution in [0.3, 0.4) is 0 Å². The van der Waals surface area contributed by atoms with E-state index in [1.54, 1.807) is 18.3 Å². The van der Waals surface area contributed by atoms with Crippen molar-refractivity contribution in [3.8, 4) is 10.4 Å². The first-order valence-electron chi connectivity index (χ1n) is 7.11. The standard InChI is InChI=1S/C18H15NO3S/c1-12(19-22-11-18(20)21)13-6-8-14(9-7-13)17-10-15-4-2-3-5-16(15)23-17/h2-10H,11H2,1H3,(H,20,21)/b19-12+. The summed E-state index contributed by atoms with van der Waals surface area (Å²) in [5.74, 6) is -1.04. The van der Waals surface area contributed by atoms with Crippen LogP contribution in [-0.2, 0) is 9.63 Å². The zero-order valence-electron chi connectivity index (χ0n) is 12.5. The number of rotatable bonds is 5. The first-order chi connectivity index (χ1) is 11.1. The van der Waals surface area contributed by atoms with Gasteiger partial charge in [-0.25, -0.2) is 4.79 Å². The number of hydrogen-bond donors (Lipinski definition) is 1. The second kappa shape index (κ2) is 6.62. The number of hydrogen-bond acceptors (Lipinski definition) is 4. The summed E-state index contributed by atoms with van der Waals surface area (Å²) in [7, 11) is 0. The molecule has 3 aromatic rings. The minimum Gasteiger partial charge on any atom is -0.479 e. The Bertz CT molecular complexity index is 832. The predicted octanol–water partition coefficient (Wildman–Crippen LogP) is 4.39. The van der Waals surface area contributed by atoms with Gasteiger partial charge in [-0.05, 0) is 35.6 Å². The van der Waals surface area contributed by atoms with Gasteiger partial charge in [-0.3, -0.25) is 0 Å². The van der Waals surface area contributed by atoms with Gasteiger partial charge in [-0.15, -0.1) is 11.3 Å². The zero-order chi connectivity index (χ0) is 16.2. The number of carboxylic acids is 1. The lowest BCUT2D eigenvalue weighted by Crippen LogP contribution is -2.05. The fourth-order valence-electron chi connectivity index (χ4n) is 2.24. The van der Waals surface area contributed by atoms with Crippen LogP contribution >= 0.6 is 11.3 Å². The molecule has 0 aliphatic heterocycles. The summed E-state index contributed by atoms with van der Waals surface area (Å²) in [4.78, 5) is 16.4. The van der Waals surface area contributed by atoms with E-state index in [0.717, 1.165) is 11.1 Å². The van der Waals surface area contributed by atoms with Gasteiger partial charge in [0.1, 0.15) is 0 Å². The van der Waals surface area contributed by atoms with Crippen molar-refractivity contribution in [3.05, 3.63) is 60.2 Å². The fourth-order valence-corrected chi connectivity index (χ4v) is 3.31. The Balaban J connectivity index is 1.80. The number of carbonyl (C=O) groups is 1. The molecular formula is C18H15NO3S. The fraction of sp³-hybridized carbons (Fsp3) is 0.111. The number of nitrogens with zero attached hydrogens (tertiary/aromatic N) is 1. The molecule has 0 amide bonds. The lowest BCUT2D eigenvalue weighted by molar-refractivity contribution is -0.142. The zero-order valence-corrected chi connectivity index (χ0v) is 13.3. The van der Waals surface area contributed by atoms with Crippen LogP contribution in [0.2, 0.25) is 0 Å². The van der Waals surface area contributed by atoms with E-state index >= 15 is 0 Å². The Kier molecular flexibility index (Phi) is 4.39. The van der Waals surface area contributed by atoms with Crippen molar-refractivity contribution in [2.45, 2.75) is 6.92 Å². The van der Waals surface area contributed by atoms with Crippen LogP contribution in [0.1, 0.15) is 12.5 Å². The number of aliphatic carboxylic acids is 1. The van der Waals surface area contributed by atoms with Gasteiger partial charge in [-0.2, -0.15) is 0 Å². The minimum absolute atomic E-state index is 0.433. The molecule has 2 aromatic carbocycles. The third-order valence-corrected chi connectivity index (χ3v) is 4.57. The summed E-state index contributed by atoms with van der Waals surface area (Å²) >= 11 is 1.76. The molecule has 1 aromatic heterocycles. The molecule has 0 saturated heterocycles. The van der Waals surface area contributed by atoms with Gasteiger partial charge in [0, 0.05) is 9.58 Å². The quantitative estimate of drug-likeness (QED) is 0.559. The molecule has 116 valence electrons. The largest absolute Gasteiger partial charge is 0.479 e. The van der Waals surface area contributed by atoms with E-state index in [2.05, 4.69) is 23.4 Å². The lowest BCUT2D eigenvalue weighted by atomic mass is 10.1. The van der Waals surface area contributed by atoms with Crippen molar-refractivity contribution in [1.82, 2.24) is 0 Å². The molecule has 0 aliphatic carbocycles. The Morgan fingerprint density at radius 3 is 2.61 bits per heavy atom. The van der Waals surface area contributed by atoms with Crippen LogP contribution in [0.4, 0.5) is 0 Å². The molecule has 4 nitrogen and oxygen atoms in total. The van der Waals surface area contributed by atoms with Crippen molar-refractivity contribution < 1.29 is 14.7 Å². The highest BCUT2D eigenvalue weighted by Gasteiger charge is 2.05. The van der Waals surface area contributed by atoms with E-state index in [9.17, 15) is 4.79 Å². The second-order valence-corrected chi connectivity index (χ2v) is 6.15. The normalized spacial score (nSPS) is 11.6. The van der Waals surface area contributed by atoms with Crippen molar-refractivity contribution in [2.24, 2.45) is 5.16 Å². The Morgan fingerprint density at radius 2 is 1.91 bits per heavy atom. The number of benzene rings is 2. The molecular weight excluding hydrogens is 310 g/mol. The highest BCUT2D eigenvalue weighted by molar-refractivity contribution is 7.22. The third-order valence-electron chi connectivity index (χ3n) is 3.40. The molecule has 0 radical (unpaired) electrons. The van der Waals surface area contributed by atoms with Crippen LogP contribution in [0, 0.1) is 0 Å². The lowest BCUT2D eigenvalue weighted by Gasteiger charge is -2.02. The van der Waals surface area contributed by atoms with E-state index in [1.807, 2.05) is 36.4 Å². The molecule has 0 saturated carbocycles. The Hall–Kier alpha value is -2.66. The second-order valence-electron chi connectivity index (χ2n) is 5.07. The molecule has 0 bridgehead atoms. The monoisotopic (exact) mass is 325 g/mol. The summed E-state index contributed by atoms with van der Waals surface area (Å²) in [6, 6.07) is 18.5. The molecule has 0 aliphatic rings. The van der Waals surface area contributed by atoms with Gasteiger partial charge in [0.2, 0.25) is 6.61 Å². The Morgan fingerprint density at radius 1 is 1.17 bits per heavy atom. The molecule has 23 heavy (non-hydrogen) atoms. The van der Waals surface area contributed by atoms with Crippen LogP contribution in [0.5, 0.6) is 0 Å². The van der Waals surface area contributed by atoms with Gasteiger partial charge in [0.05, 0.1) is 5.71 Å². The van der Waals surface area contributed by atoms with E-state index in [-0.39, 0.29) is 0 Å². The van der Waals surface area contributed by atoms with E-state index in [1.165, 1.54) is 15.0 Å². The molecule has 1 N–H and O–H groups in total. The summed E-state index contributed by atoms with van der Waals surface area (Å²) in [5.41, 5.74) is 2.70. The highest BCUT2D eigenvalue weighted by Crippen LogP contribution is 2.33. The summed E-state index contributed by atoms with van der Waals surface area (Å²) in [6.07, 6.45) is 0. The molecule has 0 spiro atoms. The molecule has 0 unspecified atom stereocenters. The van der Waals surface area contributed by atoms with Gasteiger partial charge in [-0.1, -0.05) is 47.6 Å². The summed E-state index contributed by atoms with van der Waals surface area (Å²) < 4.78 is 1.27. The molecule has 0 atom stereocenters.